The molecule has 5 N–H and O–H groups in total. The first-order valence-electron chi connectivity index (χ1n) is 13.4. The Morgan fingerprint density at radius 3 is 2.33 bits per heavy atom. The summed E-state index contributed by atoms with van der Waals surface area (Å²) in [5.74, 6) is 0.162. The number of ether oxygens (including phenoxy) is 1. The minimum Gasteiger partial charge on any atom is -0.465 e. The number of hydrogen-bond acceptors (Lipinski definition) is 11. The van der Waals surface area contributed by atoms with Crippen LogP contribution >= 0.6 is 8.30 Å². The molecule has 0 fully saturated rings. The first-order valence-corrected chi connectivity index (χ1v) is 14.9. The van der Waals surface area contributed by atoms with Crippen molar-refractivity contribution in [2.24, 2.45) is 0 Å². The molecule has 12 nitrogen and oxygen atoms in total. The topological polar surface area (TPSA) is 168 Å². The van der Waals surface area contributed by atoms with Crippen molar-refractivity contribution in [2.45, 2.75) is 33.4 Å². The quantitative estimate of drug-likeness (QED) is 0.149. The minimum absolute atomic E-state index is 0.253. The third-order valence-electron chi connectivity index (χ3n) is 5.82. The van der Waals surface area contributed by atoms with Gasteiger partial charge in [0.1, 0.15) is 20.2 Å². The van der Waals surface area contributed by atoms with Crippen LogP contribution in [0, 0.1) is 6.92 Å². The Kier molecular flexibility index (Phi) is 12.5. The largest absolute Gasteiger partial charge is 0.465 e. The maximum absolute atomic E-state index is 12.5. The number of benzene rings is 2. The maximum atomic E-state index is 12.5. The fraction of sp³-hybridized carbons (Fsp3) is 0.310. The average Bonchev–Trinajstić information content (AvgIpc) is 2.98. The van der Waals surface area contributed by atoms with Gasteiger partial charge in [0.15, 0.2) is 17.0 Å². The SMILES string of the molecule is CCOC(=O)C(C)NP(O)CCNC(=O)c1ccc(N(C)Cc2cnc3nc(C)nc(N)c3n2)cc1.c1ccccc1. The van der Waals surface area contributed by atoms with Crippen molar-refractivity contribution in [3.05, 3.63) is 83.9 Å². The summed E-state index contributed by atoms with van der Waals surface area (Å²) < 4.78 is 4.90. The van der Waals surface area contributed by atoms with Crippen molar-refractivity contribution in [1.29, 1.82) is 0 Å². The Balaban J connectivity index is 0.000000715. The lowest BCUT2D eigenvalue weighted by Crippen LogP contribution is -2.34. The van der Waals surface area contributed by atoms with E-state index in [0.29, 0.717) is 46.8 Å². The predicted molar refractivity (Wildman–Crippen MR) is 165 cm³/mol. The van der Waals surface area contributed by atoms with Gasteiger partial charge in [-0.25, -0.2) is 19.9 Å². The average molecular weight is 593 g/mol. The second kappa shape index (κ2) is 16.3. The monoisotopic (exact) mass is 592 g/mol. The van der Waals surface area contributed by atoms with Gasteiger partial charge in [-0.3, -0.25) is 14.7 Å². The molecule has 4 aromatic rings. The van der Waals surface area contributed by atoms with Crippen molar-refractivity contribution < 1.29 is 19.2 Å². The van der Waals surface area contributed by atoms with Gasteiger partial charge in [-0.05, 0) is 45.0 Å². The lowest BCUT2D eigenvalue weighted by molar-refractivity contribution is -0.144. The Morgan fingerprint density at radius 1 is 1.07 bits per heavy atom. The van der Waals surface area contributed by atoms with Crippen LogP contribution in [-0.2, 0) is 16.1 Å². The molecule has 2 aromatic heterocycles. The number of anilines is 2. The maximum Gasteiger partial charge on any atom is 0.323 e. The summed E-state index contributed by atoms with van der Waals surface area (Å²) in [6.45, 7) is 6.11. The number of carbonyl (C=O) groups excluding carboxylic acids is 2. The van der Waals surface area contributed by atoms with E-state index in [-0.39, 0.29) is 19.1 Å². The van der Waals surface area contributed by atoms with E-state index in [2.05, 4.69) is 30.3 Å². The van der Waals surface area contributed by atoms with Crippen molar-refractivity contribution in [3.63, 3.8) is 0 Å². The van der Waals surface area contributed by atoms with E-state index in [0.717, 1.165) is 5.69 Å². The standard InChI is InChI=1S/C23H31N8O4P.C6H6/c1-5-35-23(33)14(2)30-36(34)11-10-25-22(32)16-6-8-18(9-7-16)31(4)13-17-12-26-21-19(29-17)20(24)27-15(3)28-21;1-2-4-6-5-3-1/h6-9,12,14,30,34H,5,10-11,13H2,1-4H3,(H,25,32)(H2,24,26,27,28);1-6H. The first-order chi connectivity index (χ1) is 20.2. The molecule has 0 radical (unpaired) electrons. The summed E-state index contributed by atoms with van der Waals surface area (Å²) >= 11 is 0. The molecule has 0 saturated carbocycles. The minimum atomic E-state index is -1.62. The van der Waals surface area contributed by atoms with Crippen LogP contribution in [0.5, 0.6) is 0 Å². The Hall–Kier alpha value is -4.25. The lowest BCUT2D eigenvalue weighted by atomic mass is 10.2. The number of aromatic nitrogens is 4. The number of carbonyl (C=O) groups is 2. The molecular weight excluding hydrogens is 555 g/mol. The van der Waals surface area contributed by atoms with Crippen LogP contribution in [-0.4, -0.2) is 69.1 Å². The molecule has 42 heavy (non-hydrogen) atoms. The smallest absolute Gasteiger partial charge is 0.323 e. The van der Waals surface area contributed by atoms with Gasteiger partial charge < -0.3 is 25.6 Å². The highest BCUT2D eigenvalue weighted by atomic mass is 31.2. The molecule has 2 unspecified atom stereocenters. The van der Waals surface area contributed by atoms with Crippen LogP contribution in [0.3, 0.4) is 0 Å². The Bertz CT molecular complexity index is 1420. The Morgan fingerprint density at radius 2 is 1.71 bits per heavy atom. The van der Waals surface area contributed by atoms with E-state index in [1.807, 2.05) is 60.5 Å². The molecule has 0 saturated heterocycles. The van der Waals surface area contributed by atoms with Gasteiger partial charge in [0, 0.05) is 31.0 Å². The highest BCUT2D eigenvalue weighted by Crippen LogP contribution is 2.24. The third-order valence-corrected chi connectivity index (χ3v) is 7.16. The number of hydrogen-bond donors (Lipinski definition) is 4. The molecule has 13 heteroatoms. The molecular formula is C29H37N8O4P. The van der Waals surface area contributed by atoms with Crippen LogP contribution in [0.25, 0.3) is 11.2 Å². The molecule has 0 spiro atoms. The molecule has 4 rings (SSSR count). The van der Waals surface area contributed by atoms with Gasteiger partial charge in [0.25, 0.3) is 5.91 Å². The van der Waals surface area contributed by atoms with Gasteiger partial charge in [-0.15, -0.1) is 0 Å². The first kappa shape index (κ1) is 32.3. The van der Waals surface area contributed by atoms with Crippen LogP contribution < -0.4 is 21.0 Å². The van der Waals surface area contributed by atoms with E-state index in [1.165, 1.54) is 0 Å². The van der Waals surface area contributed by atoms with Crippen LogP contribution in [0.1, 0.15) is 35.7 Å². The van der Waals surface area contributed by atoms with Gasteiger partial charge in [-0.1, -0.05) is 36.4 Å². The molecule has 2 heterocycles. The second-order valence-corrected chi connectivity index (χ2v) is 10.7. The number of nitrogens with two attached hydrogens (primary N) is 1. The summed E-state index contributed by atoms with van der Waals surface area (Å²) in [4.78, 5) is 53.4. The molecule has 0 aliphatic heterocycles. The van der Waals surface area contributed by atoms with Crippen molar-refractivity contribution >= 4 is 42.8 Å². The summed E-state index contributed by atoms with van der Waals surface area (Å²) in [7, 11) is 0.291. The van der Waals surface area contributed by atoms with E-state index in [4.69, 9.17) is 10.5 Å². The number of fused-ring (bicyclic) bond motifs is 1. The third kappa shape index (κ3) is 9.99. The number of esters is 1. The van der Waals surface area contributed by atoms with E-state index < -0.39 is 20.3 Å². The summed E-state index contributed by atoms with van der Waals surface area (Å²) in [5, 5.41) is 5.58. The molecule has 0 aliphatic carbocycles. The summed E-state index contributed by atoms with van der Waals surface area (Å²) in [6.07, 6.45) is 1.96. The van der Waals surface area contributed by atoms with E-state index in [1.54, 1.807) is 39.1 Å². The normalized spacial score (nSPS) is 12.0. The fourth-order valence-electron chi connectivity index (χ4n) is 3.73. The Labute approximate surface area is 246 Å². The fourth-order valence-corrected chi connectivity index (χ4v) is 4.73. The lowest BCUT2D eigenvalue weighted by Gasteiger charge is -2.19. The van der Waals surface area contributed by atoms with E-state index >= 15 is 0 Å². The number of aryl methyl sites for hydroxylation is 1. The summed E-state index contributed by atoms with van der Waals surface area (Å²) in [6, 6.07) is 18.5. The number of amides is 1. The zero-order chi connectivity index (χ0) is 30.5. The predicted octanol–water partition coefficient (Wildman–Crippen LogP) is 3.21. The van der Waals surface area contributed by atoms with Gasteiger partial charge >= 0.3 is 5.97 Å². The number of nitrogens with zero attached hydrogens (tertiary/aromatic N) is 5. The molecule has 1 amide bonds. The van der Waals surface area contributed by atoms with Gasteiger partial charge in [-0.2, -0.15) is 0 Å². The number of nitrogens with one attached hydrogen (secondary N) is 2. The number of nitrogen functional groups attached to an aromatic ring is 1. The van der Waals surface area contributed by atoms with Crippen LogP contribution in [0.2, 0.25) is 0 Å². The summed E-state index contributed by atoms with van der Waals surface area (Å²) in [5.41, 5.74) is 8.98. The van der Waals surface area contributed by atoms with E-state index in [9.17, 15) is 14.5 Å². The molecule has 2 atom stereocenters. The van der Waals surface area contributed by atoms with Crippen molar-refractivity contribution in [1.82, 2.24) is 30.3 Å². The number of rotatable bonds is 11. The van der Waals surface area contributed by atoms with Crippen LogP contribution in [0.4, 0.5) is 11.5 Å². The molecule has 222 valence electrons. The van der Waals surface area contributed by atoms with Gasteiger partial charge in [0.2, 0.25) is 0 Å². The second-order valence-electron chi connectivity index (χ2n) is 9.23. The highest BCUT2D eigenvalue weighted by Gasteiger charge is 2.18. The highest BCUT2D eigenvalue weighted by molar-refractivity contribution is 7.49. The zero-order valence-corrected chi connectivity index (χ0v) is 25.1. The van der Waals surface area contributed by atoms with Gasteiger partial charge in [0.05, 0.1) is 25.0 Å². The molecule has 0 bridgehead atoms. The van der Waals surface area contributed by atoms with Crippen LogP contribution in [0.15, 0.2) is 66.9 Å². The van der Waals surface area contributed by atoms with Crippen molar-refractivity contribution in [3.8, 4) is 0 Å². The van der Waals surface area contributed by atoms with Crippen molar-refractivity contribution in [2.75, 3.05) is 37.0 Å². The molecule has 0 aliphatic rings. The zero-order valence-electron chi connectivity index (χ0n) is 24.2. The molecule has 2 aromatic carbocycles.